The Bertz CT molecular complexity index is 1530. The van der Waals surface area contributed by atoms with Gasteiger partial charge in [-0.05, 0) is 47.9 Å². The molecule has 11 nitrogen and oxygen atoms in total. The average Bonchev–Trinajstić information content (AvgIpc) is 3.08. The molecule has 0 bridgehead atoms. The number of aromatic carboxylic acids is 1. The molecule has 0 radical (unpaired) electrons. The molecule has 1 aliphatic rings. The fourth-order valence-corrected chi connectivity index (χ4v) is 4.47. The molecule has 0 unspecified atom stereocenters. The normalized spacial score (nSPS) is 16.0. The number of ether oxygens (including phenoxy) is 1. The molecule has 5 N–H and O–H groups in total. The lowest BCUT2D eigenvalue weighted by atomic mass is 9.97. The molecule has 1 fully saturated rings. The molecule has 14 heteroatoms. The Balaban J connectivity index is 1.57. The lowest BCUT2D eigenvalue weighted by molar-refractivity contribution is -0.131. The molecule has 1 aliphatic heterocycles. The fourth-order valence-electron chi connectivity index (χ4n) is 4.28. The standard InChI is InChI=1S/C28H26ClF2N5O6/c1-41-24-5-3-18(29)8-16(24)7-17-13-33-25(35-42-21-10-19(30)9-20(31)11-21)14-36(26(17)37)28(40)34-12-15-2-4-22(27(38)39)23(32)6-15/h2-6,8-11,17H,7,12-14,32H2,1H3,(H,33,35)(H,34,40)(H,38,39)/t17-/m1/s1. The van der Waals surface area contributed by atoms with Crippen LogP contribution in [0.3, 0.4) is 0 Å². The number of carboxylic acids is 1. The third-order valence-electron chi connectivity index (χ3n) is 6.32. The van der Waals surface area contributed by atoms with Crippen molar-refractivity contribution in [2.24, 2.45) is 11.1 Å². The molecule has 4 rings (SSSR count). The number of halogens is 3. The van der Waals surface area contributed by atoms with Crippen molar-refractivity contribution >= 4 is 41.0 Å². The second kappa shape index (κ2) is 13.2. The first-order chi connectivity index (χ1) is 20.0. The SMILES string of the molecule is COc1ccc(Cl)cc1C[C@@H]1CNC(=NOc2cc(F)cc(F)c2)CN(C(=O)NCc2ccc(C(=O)O)c(N)c2)C1=O. The number of benzene rings is 3. The van der Waals surface area contributed by atoms with Gasteiger partial charge in [-0.2, -0.15) is 0 Å². The highest BCUT2D eigenvalue weighted by atomic mass is 35.5. The number of oxime groups is 1. The van der Waals surface area contributed by atoms with E-state index in [1.54, 1.807) is 18.2 Å². The van der Waals surface area contributed by atoms with E-state index in [4.69, 9.17) is 26.9 Å². The zero-order chi connectivity index (χ0) is 30.4. The summed E-state index contributed by atoms with van der Waals surface area (Å²) in [5, 5.41) is 19.1. The summed E-state index contributed by atoms with van der Waals surface area (Å²) in [4.78, 5) is 44.3. The third kappa shape index (κ3) is 7.43. The Kier molecular flexibility index (Phi) is 9.42. The zero-order valence-electron chi connectivity index (χ0n) is 22.2. The maximum atomic E-state index is 13.6. The highest BCUT2D eigenvalue weighted by Gasteiger charge is 2.34. The Hall–Kier alpha value is -4.91. The van der Waals surface area contributed by atoms with E-state index in [9.17, 15) is 28.3 Å². The molecule has 0 saturated carbocycles. The van der Waals surface area contributed by atoms with Gasteiger partial charge in [-0.1, -0.05) is 22.8 Å². The Morgan fingerprint density at radius 2 is 1.90 bits per heavy atom. The summed E-state index contributed by atoms with van der Waals surface area (Å²) < 4.78 is 32.6. The first-order valence-electron chi connectivity index (χ1n) is 12.5. The van der Waals surface area contributed by atoms with Crippen molar-refractivity contribution in [1.82, 2.24) is 15.5 Å². The maximum absolute atomic E-state index is 13.6. The Morgan fingerprint density at radius 3 is 2.57 bits per heavy atom. The fraction of sp³-hybridized carbons (Fsp3) is 0.214. The molecule has 3 aromatic rings. The van der Waals surface area contributed by atoms with Gasteiger partial charge in [0, 0.05) is 42.0 Å². The van der Waals surface area contributed by atoms with Crippen molar-refractivity contribution in [2.45, 2.75) is 13.0 Å². The molecule has 220 valence electrons. The van der Waals surface area contributed by atoms with Gasteiger partial charge in [-0.25, -0.2) is 18.4 Å². The van der Waals surface area contributed by atoms with E-state index in [2.05, 4.69) is 15.8 Å². The molecule has 0 aliphatic carbocycles. The van der Waals surface area contributed by atoms with Crippen LogP contribution in [0.5, 0.6) is 11.5 Å². The molecule has 0 aromatic heterocycles. The monoisotopic (exact) mass is 601 g/mol. The molecule has 3 aromatic carbocycles. The van der Waals surface area contributed by atoms with E-state index in [0.29, 0.717) is 28.0 Å². The van der Waals surface area contributed by atoms with Gasteiger partial charge in [-0.15, -0.1) is 0 Å². The van der Waals surface area contributed by atoms with Crippen molar-refractivity contribution in [3.8, 4) is 11.5 Å². The van der Waals surface area contributed by atoms with Gasteiger partial charge in [-0.3, -0.25) is 9.69 Å². The molecular weight excluding hydrogens is 576 g/mol. The Morgan fingerprint density at radius 1 is 1.17 bits per heavy atom. The average molecular weight is 602 g/mol. The smallest absolute Gasteiger partial charge is 0.337 e. The van der Waals surface area contributed by atoms with Crippen LogP contribution in [0.1, 0.15) is 21.5 Å². The number of urea groups is 1. The predicted molar refractivity (Wildman–Crippen MR) is 149 cm³/mol. The first-order valence-corrected chi connectivity index (χ1v) is 12.9. The summed E-state index contributed by atoms with van der Waals surface area (Å²) in [5.74, 6) is -3.96. The molecule has 1 saturated heterocycles. The minimum Gasteiger partial charge on any atom is -0.496 e. The summed E-state index contributed by atoms with van der Waals surface area (Å²) in [6.07, 6.45) is 0.149. The summed E-state index contributed by atoms with van der Waals surface area (Å²) >= 11 is 6.16. The summed E-state index contributed by atoms with van der Waals surface area (Å²) in [5.41, 5.74) is 6.85. The highest BCUT2D eigenvalue weighted by molar-refractivity contribution is 6.30. The Labute approximate surface area is 243 Å². The summed E-state index contributed by atoms with van der Waals surface area (Å²) in [6.45, 7) is -0.393. The number of rotatable bonds is 8. The lowest BCUT2D eigenvalue weighted by Crippen LogP contribution is -2.47. The van der Waals surface area contributed by atoms with Crippen molar-refractivity contribution in [1.29, 1.82) is 0 Å². The minimum absolute atomic E-state index is 0.0141. The molecule has 3 amide bonds. The van der Waals surface area contributed by atoms with Crippen molar-refractivity contribution < 1.29 is 37.8 Å². The van der Waals surface area contributed by atoms with Crippen LogP contribution in [-0.2, 0) is 17.8 Å². The molecule has 1 atom stereocenters. The number of methoxy groups -OCH3 is 1. The number of nitrogens with one attached hydrogen (secondary N) is 2. The van der Waals surface area contributed by atoms with Crippen molar-refractivity contribution in [3.05, 3.63) is 87.9 Å². The van der Waals surface area contributed by atoms with Crippen LogP contribution in [-0.4, -0.2) is 53.9 Å². The van der Waals surface area contributed by atoms with E-state index in [1.165, 1.54) is 25.3 Å². The number of carbonyl (C=O) groups excluding carboxylic acids is 2. The number of nitrogens with two attached hydrogens (primary N) is 1. The van der Waals surface area contributed by atoms with E-state index in [1.807, 2.05) is 0 Å². The van der Waals surface area contributed by atoms with Crippen LogP contribution >= 0.6 is 11.6 Å². The molecule has 0 spiro atoms. The number of amidine groups is 1. The summed E-state index contributed by atoms with van der Waals surface area (Å²) in [6, 6.07) is 10.9. The zero-order valence-corrected chi connectivity index (χ0v) is 23.0. The number of hydrogen-bond donors (Lipinski definition) is 4. The molecule has 42 heavy (non-hydrogen) atoms. The largest absolute Gasteiger partial charge is 0.496 e. The second-order valence-corrected chi connectivity index (χ2v) is 9.72. The number of carboxylic acid groups (broad SMARTS) is 1. The molecule has 1 heterocycles. The lowest BCUT2D eigenvalue weighted by Gasteiger charge is -2.23. The van der Waals surface area contributed by atoms with Crippen LogP contribution < -0.4 is 25.9 Å². The van der Waals surface area contributed by atoms with Crippen molar-refractivity contribution in [2.75, 3.05) is 25.9 Å². The quantitative estimate of drug-likeness (QED) is 0.224. The van der Waals surface area contributed by atoms with Gasteiger partial charge < -0.3 is 31.0 Å². The number of nitrogens with zero attached hydrogens (tertiary/aromatic N) is 2. The van der Waals surface area contributed by atoms with E-state index in [0.717, 1.165) is 17.0 Å². The predicted octanol–water partition coefficient (Wildman–Crippen LogP) is 3.80. The highest BCUT2D eigenvalue weighted by Crippen LogP contribution is 2.26. The number of imide groups is 1. The number of amides is 3. The second-order valence-electron chi connectivity index (χ2n) is 9.28. The van der Waals surface area contributed by atoms with Gasteiger partial charge in [0.2, 0.25) is 5.91 Å². The molecular formula is C28H26ClF2N5O6. The van der Waals surface area contributed by atoms with Crippen LogP contribution in [0.25, 0.3) is 0 Å². The van der Waals surface area contributed by atoms with Crippen LogP contribution in [0.15, 0.2) is 59.8 Å². The van der Waals surface area contributed by atoms with Gasteiger partial charge in [0.15, 0.2) is 11.6 Å². The van der Waals surface area contributed by atoms with E-state index >= 15 is 0 Å². The number of nitrogen functional groups attached to an aromatic ring is 1. The van der Waals surface area contributed by atoms with Crippen molar-refractivity contribution in [3.63, 3.8) is 0 Å². The minimum atomic E-state index is -1.19. The van der Waals surface area contributed by atoms with Gasteiger partial charge in [0.1, 0.15) is 17.4 Å². The number of hydrogen-bond acceptors (Lipinski definition) is 7. The van der Waals surface area contributed by atoms with Gasteiger partial charge in [0.05, 0.1) is 25.1 Å². The third-order valence-corrected chi connectivity index (χ3v) is 6.55. The van der Waals surface area contributed by atoms with Gasteiger partial charge >= 0.3 is 12.0 Å². The number of carbonyl (C=O) groups is 3. The van der Waals surface area contributed by atoms with E-state index in [-0.39, 0.29) is 48.9 Å². The first kappa shape index (κ1) is 30.1. The van der Waals surface area contributed by atoms with Gasteiger partial charge in [0.25, 0.3) is 0 Å². The van der Waals surface area contributed by atoms with Crippen LogP contribution in [0.2, 0.25) is 5.02 Å². The maximum Gasteiger partial charge on any atom is 0.337 e. The topological polar surface area (TPSA) is 156 Å². The van der Waals surface area contributed by atoms with E-state index < -0.39 is 35.5 Å². The number of anilines is 1. The van der Waals surface area contributed by atoms with Crippen LogP contribution in [0, 0.1) is 17.6 Å². The summed E-state index contributed by atoms with van der Waals surface area (Å²) in [7, 11) is 1.48. The van der Waals surface area contributed by atoms with Crippen LogP contribution in [0.4, 0.5) is 19.3 Å².